The highest BCUT2D eigenvalue weighted by atomic mass is 16.2. The summed E-state index contributed by atoms with van der Waals surface area (Å²) in [6, 6.07) is 27.6. The predicted octanol–water partition coefficient (Wildman–Crippen LogP) is 5.40. The average molecular weight is 363 g/mol. The van der Waals surface area contributed by atoms with E-state index in [4.69, 9.17) is 0 Å². The molecule has 1 aliphatic heterocycles. The van der Waals surface area contributed by atoms with Crippen molar-refractivity contribution in [2.75, 3.05) is 7.05 Å². The lowest BCUT2D eigenvalue weighted by molar-refractivity contribution is 0.0652. The van der Waals surface area contributed by atoms with Gasteiger partial charge in [-0.2, -0.15) is 0 Å². The Morgan fingerprint density at radius 3 is 1.43 bits per heavy atom. The first-order valence-electron chi connectivity index (χ1n) is 9.20. The minimum atomic E-state index is -0.257. The van der Waals surface area contributed by atoms with Crippen LogP contribution in [0.4, 0.5) is 0 Å². The number of hydrogen-bond donors (Lipinski definition) is 0. The molecule has 0 fully saturated rings. The van der Waals surface area contributed by atoms with Crippen LogP contribution in [0.2, 0.25) is 0 Å². The lowest BCUT2D eigenvalue weighted by Gasteiger charge is -2.27. The average Bonchev–Trinajstić information content (AvgIpc) is 2.76. The van der Waals surface area contributed by atoms with E-state index in [9.17, 15) is 9.59 Å². The third-order valence-corrected chi connectivity index (χ3v) is 5.39. The van der Waals surface area contributed by atoms with Gasteiger partial charge in [-0.05, 0) is 27.6 Å². The van der Waals surface area contributed by atoms with Crippen molar-refractivity contribution in [3.63, 3.8) is 0 Å². The first-order valence-corrected chi connectivity index (χ1v) is 9.20. The number of benzene rings is 4. The molecule has 0 N–H and O–H groups in total. The molecular weight excluding hydrogens is 346 g/mol. The first-order chi connectivity index (χ1) is 13.7. The van der Waals surface area contributed by atoms with Crippen molar-refractivity contribution < 1.29 is 9.59 Å². The lowest BCUT2D eigenvalue weighted by atomic mass is 9.84. The molecule has 0 radical (unpaired) electrons. The van der Waals surface area contributed by atoms with Crippen molar-refractivity contribution in [2.45, 2.75) is 0 Å². The van der Waals surface area contributed by atoms with Gasteiger partial charge in [-0.15, -0.1) is 0 Å². The normalized spacial score (nSPS) is 13.2. The smallest absolute Gasteiger partial charge is 0.261 e. The van der Waals surface area contributed by atoms with Crippen LogP contribution >= 0.6 is 0 Å². The van der Waals surface area contributed by atoms with Gasteiger partial charge in [-0.1, -0.05) is 84.9 Å². The molecule has 5 rings (SSSR count). The Morgan fingerprint density at radius 2 is 1.00 bits per heavy atom. The van der Waals surface area contributed by atoms with Gasteiger partial charge in [-0.25, -0.2) is 0 Å². The summed E-state index contributed by atoms with van der Waals surface area (Å²) in [6.07, 6.45) is 0. The number of nitrogens with zero attached hydrogens (tertiary/aromatic N) is 1. The zero-order valence-corrected chi connectivity index (χ0v) is 15.3. The van der Waals surface area contributed by atoms with Crippen LogP contribution in [0.3, 0.4) is 0 Å². The summed E-state index contributed by atoms with van der Waals surface area (Å²) < 4.78 is 0. The van der Waals surface area contributed by atoms with Gasteiger partial charge >= 0.3 is 0 Å². The van der Waals surface area contributed by atoms with Crippen LogP contribution in [0.15, 0.2) is 84.9 Å². The van der Waals surface area contributed by atoms with Gasteiger partial charge in [0.25, 0.3) is 11.8 Å². The van der Waals surface area contributed by atoms with E-state index in [2.05, 4.69) is 0 Å². The molecule has 134 valence electrons. The summed E-state index contributed by atoms with van der Waals surface area (Å²) in [6.45, 7) is 0. The third-order valence-electron chi connectivity index (χ3n) is 5.39. The quantitative estimate of drug-likeness (QED) is 0.447. The molecular formula is C25H17NO2. The fourth-order valence-corrected chi connectivity index (χ4v) is 4.01. The predicted molar refractivity (Wildman–Crippen MR) is 111 cm³/mol. The molecule has 3 nitrogen and oxygen atoms in total. The van der Waals surface area contributed by atoms with E-state index >= 15 is 0 Å². The molecule has 0 aliphatic carbocycles. The molecule has 3 heteroatoms. The van der Waals surface area contributed by atoms with Crippen LogP contribution in [0.5, 0.6) is 0 Å². The minimum Gasteiger partial charge on any atom is -0.277 e. The lowest BCUT2D eigenvalue weighted by Crippen LogP contribution is -2.37. The Kier molecular flexibility index (Phi) is 3.63. The van der Waals surface area contributed by atoms with Gasteiger partial charge in [0.1, 0.15) is 0 Å². The highest BCUT2D eigenvalue weighted by molar-refractivity contribution is 6.29. The topological polar surface area (TPSA) is 37.4 Å². The van der Waals surface area contributed by atoms with Crippen molar-refractivity contribution >= 4 is 22.6 Å². The number of amides is 2. The van der Waals surface area contributed by atoms with Crippen molar-refractivity contribution in [1.82, 2.24) is 4.90 Å². The highest BCUT2D eigenvalue weighted by Crippen LogP contribution is 2.40. The van der Waals surface area contributed by atoms with Gasteiger partial charge in [-0.3, -0.25) is 14.5 Å². The van der Waals surface area contributed by atoms with E-state index in [1.54, 1.807) is 7.05 Å². The van der Waals surface area contributed by atoms with Gasteiger partial charge in [0, 0.05) is 12.4 Å². The van der Waals surface area contributed by atoms with Crippen LogP contribution in [-0.4, -0.2) is 23.8 Å². The third kappa shape index (κ3) is 2.30. The highest BCUT2D eigenvalue weighted by Gasteiger charge is 2.34. The van der Waals surface area contributed by atoms with Crippen molar-refractivity contribution in [1.29, 1.82) is 0 Å². The zero-order chi connectivity index (χ0) is 19.3. The first kappa shape index (κ1) is 16.5. The molecule has 0 saturated heterocycles. The van der Waals surface area contributed by atoms with Gasteiger partial charge in [0.15, 0.2) is 0 Å². The molecule has 0 atom stereocenters. The number of rotatable bonds is 2. The number of carbonyl (C=O) groups is 2. The number of carbonyl (C=O) groups excluding carboxylic acids is 2. The molecule has 0 bridgehead atoms. The second-order valence-electron chi connectivity index (χ2n) is 6.98. The van der Waals surface area contributed by atoms with E-state index in [1.807, 2.05) is 84.9 Å². The van der Waals surface area contributed by atoms with Crippen LogP contribution < -0.4 is 0 Å². The molecule has 0 unspecified atom stereocenters. The summed E-state index contributed by atoms with van der Waals surface area (Å²) in [5.74, 6) is -0.515. The number of imide groups is 1. The summed E-state index contributed by atoms with van der Waals surface area (Å²) >= 11 is 0. The Balaban J connectivity index is 1.93. The van der Waals surface area contributed by atoms with E-state index in [-0.39, 0.29) is 11.8 Å². The van der Waals surface area contributed by atoms with Gasteiger partial charge in [0.05, 0.1) is 11.1 Å². The van der Waals surface area contributed by atoms with Crippen molar-refractivity contribution in [3.05, 3.63) is 96.1 Å². The molecule has 0 aromatic heterocycles. The van der Waals surface area contributed by atoms with Gasteiger partial charge < -0.3 is 0 Å². The summed E-state index contributed by atoms with van der Waals surface area (Å²) in [5, 5.41) is 1.65. The maximum Gasteiger partial charge on any atom is 0.261 e. The maximum atomic E-state index is 13.2. The maximum absolute atomic E-state index is 13.2. The molecule has 28 heavy (non-hydrogen) atoms. The Labute approximate surface area is 162 Å². The van der Waals surface area contributed by atoms with E-state index in [1.165, 1.54) is 4.90 Å². The molecule has 4 aromatic carbocycles. The standard InChI is InChI=1S/C25H17NO2/c1-26-24(27)22-19(16-8-4-2-5-9-16)14-12-18-13-15-20(17-10-6-3-7-11-17)23(21(18)22)25(26)28/h2-15H,1H3. The van der Waals surface area contributed by atoms with Crippen molar-refractivity contribution in [3.8, 4) is 22.3 Å². The fraction of sp³-hybridized carbons (Fsp3) is 0.0400. The molecule has 4 aromatic rings. The Bertz CT molecular complexity index is 1150. The van der Waals surface area contributed by atoms with Crippen LogP contribution in [0.1, 0.15) is 20.7 Å². The van der Waals surface area contributed by atoms with E-state index in [0.29, 0.717) is 11.1 Å². The molecule has 0 saturated carbocycles. The fourth-order valence-electron chi connectivity index (χ4n) is 4.01. The SMILES string of the molecule is CN1C(=O)c2c(-c3ccccc3)ccc3ccc(-c4ccccc4)c(c23)C1=O. The second-order valence-corrected chi connectivity index (χ2v) is 6.98. The largest absolute Gasteiger partial charge is 0.277 e. The van der Waals surface area contributed by atoms with Crippen LogP contribution in [-0.2, 0) is 0 Å². The molecule has 0 spiro atoms. The molecule has 1 heterocycles. The monoisotopic (exact) mass is 363 g/mol. The minimum absolute atomic E-state index is 0.257. The van der Waals surface area contributed by atoms with Crippen LogP contribution in [0, 0.1) is 0 Å². The Hall–Kier alpha value is -3.72. The Morgan fingerprint density at radius 1 is 0.571 bits per heavy atom. The summed E-state index contributed by atoms with van der Waals surface area (Å²) in [5.41, 5.74) is 4.82. The zero-order valence-electron chi connectivity index (χ0n) is 15.3. The van der Waals surface area contributed by atoms with E-state index in [0.717, 1.165) is 33.0 Å². The van der Waals surface area contributed by atoms with E-state index < -0.39 is 0 Å². The van der Waals surface area contributed by atoms with Crippen molar-refractivity contribution in [2.24, 2.45) is 0 Å². The number of hydrogen-bond acceptors (Lipinski definition) is 2. The van der Waals surface area contributed by atoms with Crippen LogP contribution in [0.25, 0.3) is 33.0 Å². The molecule has 1 aliphatic rings. The second kappa shape index (κ2) is 6.17. The summed E-state index contributed by atoms with van der Waals surface area (Å²) in [4.78, 5) is 27.6. The summed E-state index contributed by atoms with van der Waals surface area (Å²) in [7, 11) is 1.56. The molecule has 2 amide bonds. The van der Waals surface area contributed by atoms with Gasteiger partial charge in [0.2, 0.25) is 0 Å².